The SMILES string of the molecule is C=CCOCC(CCCCCCCCCCCC)OCCO. The molecule has 0 aliphatic carbocycles. The molecule has 0 aromatic heterocycles. The fraction of sp³-hybridized carbons (Fsp3) is 0.895. The second-order valence-electron chi connectivity index (χ2n) is 6.01. The Kier molecular flexibility index (Phi) is 18.3. The smallest absolute Gasteiger partial charge is 0.0809 e. The number of ether oxygens (including phenoxy) is 2. The molecule has 0 aromatic carbocycles. The molecule has 0 radical (unpaired) electrons. The van der Waals surface area contributed by atoms with Crippen molar-refractivity contribution in [2.75, 3.05) is 26.4 Å². The lowest BCUT2D eigenvalue weighted by molar-refractivity contribution is -0.0268. The molecule has 3 heteroatoms. The summed E-state index contributed by atoms with van der Waals surface area (Å²) in [6.07, 6.45) is 16.4. The van der Waals surface area contributed by atoms with Gasteiger partial charge in [-0.25, -0.2) is 0 Å². The third kappa shape index (κ3) is 16.0. The van der Waals surface area contributed by atoms with Crippen LogP contribution < -0.4 is 0 Å². The van der Waals surface area contributed by atoms with E-state index in [0.717, 1.165) is 6.42 Å². The molecule has 22 heavy (non-hydrogen) atoms. The summed E-state index contributed by atoms with van der Waals surface area (Å²) in [5, 5.41) is 8.85. The first-order chi connectivity index (χ1) is 10.8. The first-order valence-corrected chi connectivity index (χ1v) is 9.26. The maximum atomic E-state index is 8.85. The highest BCUT2D eigenvalue weighted by molar-refractivity contribution is 4.65. The largest absolute Gasteiger partial charge is 0.394 e. The Labute approximate surface area is 138 Å². The third-order valence-electron chi connectivity index (χ3n) is 3.86. The molecule has 0 bridgehead atoms. The van der Waals surface area contributed by atoms with E-state index in [4.69, 9.17) is 14.6 Å². The van der Waals surface area contributed by atoms with Crippen molar-refractivity contribution in [3.8, 4) is 0 Å². The minimum atomic E-state index is 0.0794. The van der Waals surface area contributed by atoms with Gasteiger partial charge in [-0.3, -0.25) is 0 Å². The van der Waals surface area contributed by atoms with Gasteiger partial charge in [-0.05, 0) is 6.42 Å². The van der Waals surface area contributed by atoms with Crippen LogP contribution in [0.2, 0.25) is 0 Å². The number of hydrogen-bond acceptors (Lipinski definition) is 3. The Balaban J connectivity index is 3.43. The Morgan fingerprint density at radius 3 is 2.09 bits per heavy atom. The molecule has 3 nitrogen and oxygen atoms in total. The normalized spacial score (nSPS) is 12.5. The zero-order valence-corrected chi connectivity index (χ0v) is 14.7. The predicted octanol–water partition coefficient (Wildman–Crippen LogP) is 4.88. The highest BCUT2D eigenvalue weighted by atomic mass is 16.5. The molecule has 0 rings (SSSR count). The van der Waals surface area contributed by atoms with Crippen molar-refractivity contribution in [3.05, 3.63) is 12.7 Å². The molecular formula is C19H38O3. The number of rotatable bonds is 18. The van der Waals surface area contributed by atoms with E-state index in [0.29, 0.717) is 19.8 Å². The van der Waals surface area contributed by atoms with Crippen molar-refractivity contribution in [2.45, 2.75) is 83.7 Å². The molecule has 1 unspecified atom stereocenters. The Hall–Kier alpha value is -0.380. The van der Waals surface area contributed by atoms with Gasteiger partial charge in [0.05, 0.1) is 32.5 Å². The van der Waals surface area contributed by atoms with E-state index < -0.39 is 0 Å². The quantitative estimate of drug-likeness (QED) is 0.289. The molecule has 0 aromatic rings. The Morgan fingerprint density at radius 2 is 1.55 bits per heavy atom. The van der Waals surface area contributed by atoms with Crippen molar-refractivity contribution < 1.29 is 14.6 Å². The zero-order chi connectivity index (χ0) is 16.3. The summed E-state index contributed by atoms with van der Waals surface area (Å²) >= 11 is 0. The topological polar surface area (TPSA) is 38.7 Å². The summed E-state index contributed by atoms with van der Waals surface area (Å²) in [4.78, 5) is 0. The van der Waals surface area contributed by atoms with Crippen LogP contribution in [-0.2, 0) is 9.47 Å². The van der Waals surface area contributed by atoms with Crippen molar-refractivity contribution in [3.63, 3.8) is 0 Å². The summed E-state index contributed by atoms with van der Waals surface area (Å²) in [6, 6.07) is 0. The van der Waals surface area contributed by atoms with Gasteiger partial charge >= 0.3 is 0 Å². The molecule has 0 amide bonds. The van der Waals surface area contributed by atoms with E-state index in [-0.39, 0.29) is 12.7 Å². The minimum Gasteiger partial charge on any atom is -0.394 e. The molecule has 0 spiro atoms. The summed E-state index contributed by atoms with van der Waals surface area (Å²) in [5.41, 5.74) is 0. The first kappa shape index (κ1) is 21.6. The predicted molar refractivity (Wildman–Crippen MR) is 94.3 cm³/mol. The number of aliphatic hydroxyl groups excluding tert-OH is 1. The van der Waals surface area contributed by atoms with E-state index in [1.807, 2.05) is 0 Å². The number of unbranched alkanes of at least 4 members (excludes halogenated alkanes) is 9. The number of hydrogen-bond donors (Lipinski definition) is 1. The van der Waals surface area contributed by atoms with Gasteiger partial charge in [-0.15, -0.1) is 6.58 Å². The summed E-state index contributed by atoms with van der Waals surface area (Å²) < 4.78 is 11.1. The Bertz CT molecular complexity index is 219. The second-order valence-corrected chi connectivity index (χ2v) is 6.01. The van der Waals surface area contributed by atoms with Crippen LogP contribution in [0.4, 0.5) is 0 Å². The minimum absolute atomic E-state index is 0.0794. The zero-order valence-electron chi connectivity index (χ0n) is 14.7. The van der Waals surface area contributed by atoms with Crippen molar-refractivity contribution in [1.29, 1.82) is 0 Å². The molecule has 0 saturated carbocycles. The molecule has 0 aliphatic heterocycles. The van der Waals surface area contributed by atoms with Gasteiger partial charge in [0.15, 0.2) is 0 Å². The summed E-state index contributed by atoms with van der Waals surface area (Å²) in [7, 11) is 0. The van der Waals surface area contributed by atoms with Crippen molar-refractivity contribution >= 4 is 0 Å². The highest BCUT2D eigenvalue weighted by Crippen LogP contribution is 2.13. The second kappa shape index (κ2) is 18.7. The van der Waals surface area contributed by atoms with Crippen molar-refractivity contribution in [1.82, 2.24) is 0 Å². The van der Waals surface area contributed by atoms with Crippen LogP contribution >= 0.6 is 0 Å². The van der Waals surface area contributed by atoms with Crippen LogP contribution in [0.25, 0.3) is 0 Å². The van der Waals surface area contributed by atoms with Gasteiger partial charge in [0.25, 0.3) is 0 Å². The van der Waals surface area contributed by atoms with Crippen LogP contribution in [0.3, 0.4) is 0 Å². The molecule has 0 fully saturated rings. The molecule has 0 aliphatic rings. The van der Waals surface area contributed by atoms with Crippen molar-refractivity contribution in [2.24, 2.45) is 0 Å². The average molecular weight is 315 g/mol. The summed E-state index contributed by atoms with van der Waals surface area (Å²) in [6.45, 7) is 7.55. The lowest BCUT2D eigenvalue weighted by Crippen LogP contribution is -2.21. The lowest BCUT2D eigenvalue weighted by atomic mass is 10.0. The molecule has 0 heterocycles. The highest BCUT2D eigenvalue weighted by Gasteiger charge is 2.08. The van der Waals surface area contributed by atoms with E-state index in [1.54, 1.807) is 6.08 Å². The van der Waals surface area contributed by atoms with E-state index in [1.165, 1.54) is 64.2 Å². The molecule has 132 valence electrons. The van der Waals surface area contributed by atoms with Gasteiger partial charge in [-0.1, -0.05) is 77.2 Å². The van der Waals surface area contributed by atoms with Crippen LogP contribution in [-0.4, -0.2) is 37.6 Å². The van der Waals surface area contributed by atoms with Crippen LogP contribution in [0.1, 0.15) is 77.6 Å². The fourth-order valence-electron chi connectivity index (χ4n) is 2.58. The van der Waals surface area contributed by atoms with Crippen LogP contribution in [0, 0.1) is 0 Å². The first-order valence-electron chi connectivity index (χ1n) is 9.26. The van der Waals surface area contributed by atoms with E-state index >= 15 is 0 Å². The van der Waals surface area contributed by atoms with Crippen LogP contribution in [0.15, 0.2) is 12.7 Å². The molecule has 1 atom stereocenters. The molecular weight excluding hydrogens is 276 g/mol. The third-order valence-corrected chi connectivity index (χ3v) is 3.86. The van der Waals surface area contributed by atoms with Gasteiger partial charge in [-0.2, -0.15) is 0 Å². The van der Waals surface area contributed by atoms with E-state index in [2.05, 4.69) is 13.5 Å². The van der Waals surface area contributed by atoms with Gasteiger partial charge in [0.1, 0.15) is 0 Å². The standard InChI is InChI=1S/C19H38O3/c1-3-5-6-7-8-9-10-11-12-13-14-19(22-17-15-20)18-21-16-4-2/h4,19-20H,2-3,5-18H2,1H3. The average Bonchev–Trinajstić information content (AvgIpc) is 2.53. The maximum absolute atomic E-state index is 8.85. The molecule has 0 saturated heterocycles. The van der Waals surface area contributed by atoms with E-state index in [9.17, 15) is 0 Å². The Morgan fingerprint density at radius 1 is 0.955 bits per heavy atom. The summed E-state index contributed by atoms with van der Waals surface area (Å²) in [5.74, 6) is 0. The molecule has 1 N–H and O–H groups in total. The lowest BCUT2D eigenvalue weighted by Gasteiger charge is -2.17. The monoisotopic (exact) mass is 314 g/mol. The number of aliphatic hydroxyl groups is 1. The van der Waals surface area contributed by atoms with Crippen LogP contribution in [0.5, 0.6) is 0 Å². The van der Waals surface area contributed by atoms with Gasteiger partial charge in [0.2, 0.25) is 0 Å². The maximum Gasteiger partial charge on any atom is 0.0809 e. The van der Waals surface area contributed by atoms with Gasteiger partial charge < -0.3 is 14.6 Å². The fourth-order valence-corrected chi connectivity index (χ4v) is 2.58. The van der Waals surface area contributed by atoms with Gasteiger partial charge in [0, 0.05) is 0 Å².